The van der Waals surface area contributed by atoms with E-state index in [-0.39, 0.29) is 0 Å². The van der Waals surface area contributed by atoms with Gasteiger partial charge in [0.1, 0.15) is 0 Å². The second-order valence-corrected chi connectivity index (χ2v) is 9.16. The number of hydrogen-bond donors (Lipinski definition) is 0. The van der Waals surface area contributed by atoms with Gasteiger partial charge in [0.05, 0.1) is 0 Å². The largest absolute Gasteiger partial charge is 0.211 e. The van der Waals surface area contributed by atoms with Gasteiger partial charge in [-0.25, -0.2) is 4.20 Å². The van der Waals surface area contributed by atoms with Crippen LogP contribution in [0.3, 0.4) is 0 Å². The Morgan fingerprint density at radius 3 is 2.20 bits per heavy atom. The van der Waals surface area contributed by atoms with E-state index in [4.69, 9.17) is 0 Å². The molecule has 0 nitrogen and oxygen atoms in total. The van der Waals surface area contributed by atoms with E-state index in [1.54, 1.807) is 0 Å². The van der Waals surface area contributed by atoms with Gasteiger partial charge in [0.25, 0.3) is 0 Å². The van der Waals surface area contributed by atoms with Crippen molar-refractivity contribution in [2.24, 2.45) is 0 Å². The topological polar surface area (TPSA) is 0 Å². The fourth-order valence-electron chi connectivity index (χ4n) is 0. The van der Waals surface area contributed by atoms with Crippen LogP contribution in [0, 0.1) is 0 Å². The van der Waals surface area contributed by atoms with Gasteiger partial charge in [-0.15, -0.1) is 0 Å². The van der Waals surface area contributed by atoms with Crippen molar-refractivity contribution >= 4 is 35.9 Å². The summed E-state index contributed by atoms with van der Waals surface area (Å²) in [6, 6.07) is 0. The number of hydrogen-bond acceptors (Lipinski definition) is 0. The van der Waals surface area contributed by atoms with Crippen LogP contribution in [0.1, 0.15) is 0 Å². The number of halogens is 2. The average Bonchev–Trinajstić information content (AvgIpc) is 1.38. The lowest BCUT2D eigenvalue weighted by molar-refractivity contribution is 0.933. The Labute approximate surface area is 46.9 Å². The fraction of sp³-hybridized carbons (Fsp3) is 1.00. The standard InChI is InChI=1S/CH4FIP2/c1-4-5(2)3/h4H,1H3. The van der Waals surface area contributed by atoms with Crippen molar-refractivity contribution in [3.05, 3.63) is 0 Å². The van der Waals surface area contributed by atoms with Crippen LogP contribution in [-0.2, 0) is 0 Å². The molecule has 0 aromatic heterocycles. The molecular weight excluding hydrogens is 220 g/mol. The van der Waals surface area contributed by atoms with Crippen LogP contribution in [0.4, 0.5) is 4.20 Å². The van der Waals surface area contributed by atoms with Crippen molar-refractivity contribution in [1.82, 2.24) is 0 Å². The zero-order chi connectivity index (χ0) is 4.28. The molecule has 0 rings (SSSR count). The first kappa shape index (κ1) is 6.52. The molecule has 0 radical (unpaired) electrons. The highest BCUT2D eigenvalue weighted by Crippen LogP contribution is 2.61. The van der Waals surface area contributed by atoms with E-state index >= 15 is 0 Å². The predicted molar refractivity (Wildman–Crippen MR) is 36.3 cm³/mol. The van der Waals surface area contributed by atoms with Gasteiger partial charge in [0.15, 0.2) is 5.56 Å². The second kappa shape index (κ2) is 3.70. The lowest BCUT2D eigenvalue weighted by atomic mass is 12.0. The third-order valence-electron chi connectivity index (χ3n) is 0.169. The van der Waals surface area contributed by atoms with E-state index in [9.17, 15) is 4.20 Å². The maximum absolute atomic E-state index is 11.5. The van der Waals surface area contributed by atoms with Crippen LogP contribution < -0.4 is 0 Å². The zero-order valence-corrected chi connectivity index (χ0v) is 6.76. The Morgan fingerprint density at radius 2 is 2.20 bits per heavy atom. The highest BCUT2D eigenvalue weighted by atomic mass is 127. The van der Waals surface area contributed by atoms with Crippen LogP contribution in [0.2, 0.25) is 0 Å². The van der Waals surface area contributed by atoms with E-state index in [0.717, 1.165) is 0 Å². The predicted octanol–water partition coefficient (Wildman–Crippen LogP) is 2.93. The van der Waals surface area contributed by atoms with Crippen molar-refractivity contribution in [2.75, 3.05) is 6.66 Å². The molecule has 0 fully saturated rings. The summed E-state index contributed by atoms with van der Waals surface area (Å²) in [4.78, 5) is 0. The summed E-state index contributed by atoms with van der Waals surface area (Å²) in [6.45, 7) is 1.87. The molecule has 0 spiro atoms. The van der Waals surface area contributed by atoms with Gasteiger partial charge in [-0.05, 0) is 28.7 Å². The van der Waals surface area contributed by atoms with Gasteiger partial charge in [0, 0.05) is 0 Å². The molecule has 2 unspecified atom stereocenters. The van der Waals surface area contributed by atoms with Gasteiger partial charge in [-0.2, -0.15) is 0 Å². The van der Waals surface area contributed by atoms with Crippen molar-refractivity contribution < 1.29 is 4.20 Å². The molecule has 0 heterocycles. The summed E-state index contributed by atoms with van der Waals surface area (Å²) in [5.74, 6) is 0. The first-order valence-electron chi connectivity index (χ1n) is 1.06. The van der Waals surface area contributed by atoms with E-state index in [1.807, 2.05) is 28.7 Å². The Balaban J connectivity index is 2.54. The highest BCUT2D eigenvalue weighted by Gasteiger charge is 1.88. The summed E-state index contributed by atoms with van der Waals surface area (Å²) in [5.41, 5.74) is -1.10. The van der Waals surface area contributed by atoms with Crippen molar-refractivity contribution in [1.29, 1.82) is 0 Å². The lowest BCUT2D eigenvalue weighted by Crippen LogP contribution is -1.19. The van der Waals surface area contributed by atoms with Crippen LogP contribution >= 0.6 is 35.9 Å². The molecule has 0 N–H and O–H groups in total. The molecule has 0 aromatic carbocycles. The molecule has 0 saturated carbocycles. The smallest absolute Gasteiger partial charge is 0.165 e. The van der Waals surface area contributed by atoms with Gasteiger partial charge >= 0.3 is 0 Å². The van der Waals surface area contributed by atoms with E-state index < -0.39 is 5.56 Å². The maximum atomic E-state index is 11.5. The molecule has 0 amide bonds. The summed E-state index contributed by atoms with van der Waals surface area (Å²) in [6.07, 6.45) is 0. The van der Waals surface area contributed by atoms with E-state index in [1.165, 1.54) is 0 Å². The number of rotatable bonds is 1. The van der Waals surface area contributed by atoms with Crippen LogP contribution in [-0.4, -0.2) is 6.66 Å². The quantitative estimate of drug-likeness (QED) is 0.474. The second-order valence-electron chi connectivity index (χ2n) is 0.457. The van der Waals surface area contributed by atoms with Crippen molar-refractivity contribution in [3.8, 4) is 0 Å². The summed E-state index contributed by atoms with van der Waals surface area (Å²) < 4.78 is 11.5. The normalized spacial score (nSPS) is 17.4. The summed E-state index contributed by atoms with van der Waals surface area (Å²) >= 11 is 1.82. The molecule has 0 aliphatic rings. The summed E-state index contributed by atoms with van der Waals surface area (Å²) in [5, 5.41) is 0. The van der Waals surface area contributed by atoms with Crippen LogP contribution in [0.25, 0.3) is 0 Å². The van der Waals surface area contributed by atoms with Crippen molar-refractivity contribution in [2.45, 2.75) is 0 Å². The SMILES string of the molecule is CPP(F)I. The minimum absolute atomic E-state index is 0.499. The average molecular weight is 224 g/mol. The van der Waals surface area contributed by atoms with Gasteiger partial charge < -0.3 is 0 Å². The maximum Gasteiger partial charge on any atom is 0.165 e. The minimum Gasteiger partial charge on any atom is -0.211 e. The lowest BCUT2D eigenvalue weighted by Gasteiger charge is -1.83. The van der Waals surface area contributed by atoms with Gasteiger partial charge in [-0.1, -0.05) is 8.27 Å². The Kier molecular flexibility index (Phi) is 4.83. The van der Waals surface area contributed by atoms with Crippen LogP contribution in [0.5, 0.6) is 0 Å². The minimum atomic E-state index is -1.10. The third-order valence-corrected chi connectivity index (χ3v) is 5.86. The monoisotopic (exact) mass is 224 g/mol. The summed E-state index contributed by atoms with van der Waals surface area (Å²) in [7, 11) is 0.499. The third kappa shape index (κ3) is 5.52. The molecule has 4 heteroatoms. The zero-order valence-electron chi connectivity index (χ0n) is 2.70. The van der Waals surface area contributed by atoms with E-state index in [2.05, 4.69) is 0 Å². The Morgan fingerprint density at radius 1 is 2.00 bits per heavy atom. The molecule has 0 aliphatic carbocycles. The molecule has 0 aliphatic heterocycles. The van der Waals surface area contributed by atoms with Gasteiger partial charge in [0.2, 0.25) is 0 Å². The molecule has 32 valence electrons. The Hall–Kier alpha value is 1.52. The molecule has 0 saturated heterocycles. The first-order valence-corrected chi connectivity index (χ1v) is 7.42. The molecule has 5 heavy (non-hydrogen) atoms. The Bertz CT molecular complexity index is 23.6. The van der Waals surface area contributed by atoms with Crippen molar-refractivity contribution in [3.63, 3.8) is 0 Å². The van der Waals surface area contributed by atoms with Gasteiger partial charge in [-0.3, -0.25) is 0 Å². The molecule has 2 atom stereocenters. The highest BCUT2D eigenvalue weighted by molar-refractivity contribution is 14.2. The van der Waals surface area contributed by atoms with E-state index in [0.29, 0.717) is 8.27 Å². The first-order chi connectivity index (χ1) is 2.27. The molecule has 0 bridgehead atoms. The molecular formula is CH4FIP2. The fourth-order valence-corrected chi connectivity index (χ4v) is 0. The van der Waals surface area contributed by atoms with Crippen LogP contribution in [0.15, 0.2) is 0 Å². The molecule has 0 aromatic rings.